The number of halogens is 1. The van der Waals surface area contributed by atoms with Crippen molar-refractivity contribution in [3.63, 3.8) is 0 Å². The highest BCUT2D eigenvalue weighted by molar-refractivity contribution is 6.48. The molecule has 0 saturated carbocycles. The Morgan fingerprint density at radius 3 is 2.70 bits per heavy atom. The van der Waals surface area contributed by atoms with Crippen LogP contribution in [0.15, 0.2) is 55.1 Å². The van der Waals surface area contributed by atoms with Gasteiger partial charge in [0.05, 0.1) is 11.9 Å². The van der Waals surface area contributed by atoms with Gasteiger partial charge >= 0.3 is 0 Å². The molecule has 2 aromatic heterocycles. The standard InChI is InChI=1S/C22H21FN6O/c23-18-4-5-26-12-20(18)28-22(30)21(25)17-9-15(2-3-19(17)24)16-8-14(10-27-11-16)13-29-6-1-7-29/h2-5,8-12,25H,1,6-7,13,24H2,(H,28,30). The number of aromatic nitrogens is 2. The van der Waals surface area contributed by atoms with Crippen LogP contribution >= 0.6 is 0 Å². The van der Waals surface area contributed by atoms with E-state index in [1.54, 1.807) is 18.3 Å². The van der Waals surface area contributed by atoms with Crippen LogP contribution in [0.4, 0.5) is 15.8 Å². The first kappa shape index (κ1) is 19.7. The van der Waals surface area contributed by atoms with Crippen LogP contribution in [0.3, 0.4) is 0 Å². The number of likely N-dealkylation sites (tertiary alicyclic amines) is 1. The van der Waals surface area contributed by atoms with Crippen LogP contribution in [-0.2, 0) is 11.3 Å². The first-order chi connectivity index (χ1) is 14.5. The van der Waals surface area contributed by atoms with Crippen LogP contribution in [0.5, 0.6) is 0 Å². The zero-order chi connectivity index (χ0) is 21.1. The van der Waals surface area contributed by atoms with Gasteiger partial charge in [0, 0.05) is 41.9 Å². The summed E-state index contributed by atoms with van der Waals surface area (Å²) in [6.45, 7) is 3.04. The third kappa shape index (κ3) is 4.18. The molecule has 4 rings (SSSR count). The molecule has 0 bridgehead atoms. The van der Waals surface area contributed by atoms with E-state index in [1.165, 1.54) is 18.8 Å². The quantitative estimate of drug-likeness (QED) is 0.432. The topological polar surface area (TPSA) is 108 Å². The van der Waals surface area contributed by atoms with E-state index in [0.717, 1.165) is 42.4 Å². The Hall–Kier alpha value is -3.65. The number of pyridine rings is 2. The van der Waals surface area contributed by atoms with Crippen molar-refractivity contribution >= 4 is 23.0 Å². The van der Waals surface area contributed by atoms with Crippen molar-refractivity contribution in [2.75, 3.05) is 24.1 Å². The monoisotopic (exact) mass is 404 g/mol. The van der Waals surface area contributed by atoms with E-state index in [9.17, 15) is 9.18 Å². The first-order valence-corrected chi connectivity index (χ1v) is 9.57. The third-order valence-electron chi connectivity index (χ3n) is 5.05. The van der Waals surface area contributed by atoms with Gasteiger partial charge < -0.3 is 11.1 Å². The van der Waals surface area contributed by atoms with Gasteiger partial charge in [0.25, 0.3) is 5.91 Å². The summed E-state index contributed by atoms with van der Waals surface area (Å²) >= 11 is 0. The van der Waals surface area contributed by atoms with Gasteiger partial charge in [-0.15, -0.1) is 0 Å². The predicted molar refractivity (Wildman–Crippen MR) is 114 cm³/mol. The summed E-state index contributed by atoms with van der Waals surface area (Å²) in [4.78, 5) is 22.9. The van der Waals surface area contributed by atoms with E-state index in [4.69, 9.17) is 11.1 Å². The molecular weight excluding hydrogens is 383 g/mol. The van der Waals surface area contributed by atoms with Crippen LogP contribution in [0.25, 0.3) is 11.1 Å². The van der Waals surface area contributed by atoms with Crippen LogP contribution in [0.2, 0.25) is 0 Å². The summed E-state index contributed by atoms with van der Waals surface area (Å²) in [7, 11) is 0. The van der Waals surface area contributed by atoms with Gasteiger partial charge in [0.2, 0.25) is 0 Å². The fourth-order valence-electron chi connectivity index (χ4n) is 3.26. The van der Waals surface area contributed by atoms with Crippen LogP contribution in [-0.4, -0.2) is 39.6 Å². The summed E-state index contributed by atoms with van der Waals surface area (Å²) in [5, 5.41) is 10.6. The largest absolute Gasteiger partial charge is 0.398 e. The average molecular weight is 404 g/mol. The minimum Gasteiger partial charge on any atom is -0.398 e. The van der Waals surface area contributed by atoms with E-state index in [0.29, 0.717) is 0 Å². The highest BCUT2D eigenvalue weighted by Crippen LogP contribution is 2.25. The molecule has 0 aliphatic carbocycles. The number of anilines is 2. The van der Waals surface area contributed by atoms with Crippen molar-refractivity contribution in [3.05, 3.63) is 72.1 Å². The van der Waals surface area contributed by atoms with Crippen molar-refractivity contribution in [3.8, 4) is 11.1 Å². The van der Waals surface area contributed by atoms with Gasteiger partial charge in [-0.25, -0.2) is 4.39 Å². The zero-order valence-corrected chi connectivity index (χ0v) is 16.2. The van der Waals surface area contributed by atoms with E-state index < -0.39 is 11.7 Å². The predicted octanol–water partition coefficient (Wildman–Crippen LogP) is 3.08. The molecule has 1 aliphatic heterocycles. The van der Waals surface area contributed by atoms with E-state index >= 15 is 0 Å². The summed E-state index contributed by atoms with van der Waals surface area (Å²) < 4.78 is 13.8. The second-order valence-electron chi connectivity index (χ2n) is 7.20. The lowest BCUT2D eigenvalue weighted by atomic mass is 9.99. The van der Waals surface area contributed by atoms with E-state index in [2.05, 4.69) is 26.3 Å². The fourth-order valence-corrected chi connectivity index (χ4v) is 3.26. The number of nitrogen functional groups attached to an aromatic ring is 1. The Morgan fingerprint density at radius 2 is 1.97 bits per heavy atom. The first-order valence-electron chi connectivity index (χ1n) is 9.57. The molecule has 0 unspecified atom stereocenters. The molecule has 152 valence electrons. The van der Waals surface area contributed by atoms with Crippen molar-refractivity contribution in [2.24, 2.45) is 0 Å². The number of benzene rings is 1. The second-order valence-corrected chi connectivity index (χ2v) is 7.20. The van der Waals surface area contributed by atoms with Crippen LogP contribution < -0.4 is 11.1 Å². The molecule has 1 aliphatic rings. The number of nitrogens with zero attached hydrogens (tertiary/aromatic N) is 3. The Bertz CT molecular complexity index is 1110. The Labute approximate surface area is 173 Å². The molecular formula is C22H21FN6O. The number of hydrogen-bond donors (Lipinski definition) is 3. The molecule has 7 nitrogen and oxygen atoms in total. The highest BCUT2D eigenvalue weighted by atomic mass is 19.1. The van der Waals surface area contributed by atoms with Crippen LogP contribution in [0.1, 0.15) is 17.5 Å². The molecule has 1 aromatic carbocycles. The van der Waals surface area contributed by atoms with E-state index in [-0.39, 0.29) is 22.6 Å². The number of carbonyl (C=O) groups excluding carboxylic acids is 1. The SMILES string of the molecule is N=C(C(=O)Nc1cnccc1F)c1cc(-c2cncc(CN3CCC3)c2)ccc1N. The molecule has 0 radical (unpaired) electrons. The Balaban J connectivity index is 1.57. The molecule has 8 heteroatoms. The van der Waals surface area contributed by atoms with Gasteiger partial charge in [-0.1, -0.05) is 6.07 Å². The summed E-state index contributed by atoms with van der Waals surface area (Å²) in [6.07, 6.45) is 7.28. The molecule has 3 aromatic rings. The van der Waals surface area contributed by atoms with Crippen molar-refractivity contribution < 1.29 is 9.18 Å². The lowest BCUT2D eigenvalue weighted by molar-refractivity contribution is -0.110. The molecule has 0 spiro atoms. The van der Waals surface area contributed by atoms with Gasteiger partial charge in [0.1, 0.15) is 11.5 Å². The van der Waals surface area contributed by atoms with Gasteiger partial charge in [-0.2, -0.15) is 0 Å². The minimum absolute atomic E-state index is 0.0927. The molecule has 4 N–H and O–H groups in total. The van der Waals surface area contributed by atoms with Crippen molar-refractivity contribution in [1.29, 1.82) is 5.41 Å². The molecule has 1 saturated heterocycles. The second kappa shape index (κ2) is 8.38. The molecule has 0 atom stereocenters. The third-order valence-corrected chi connectivity index (χ3v) is 5.05. The summed E-state index contributed by atoms with van der Waals surface area (Å²) in [5.74, 6) is -1.40. The van der Waals surface area contributed by atoms with Crippen LogP contribution in [0, 0.1) is 11.2 Å². The maximum absolute atomic E-state index is 13.8. The van der Waals surface area contributed by atoms with Crippen molar-refractivity contribution in [1.82, 2.24) is 14.9 Å². The summed E-state index contributed by atoms with van der Waals surface area (Å²) in [6, 6.07) is 8.35. The molecule has 3 heterocycles. The van der Waals surface area contributed by atoms with Gasteiger partial charge in [-0.05, 0) is 54.9 Å². The Morgan fingerprint density at radius 1 is 1.13 bits per heavy atom. The normalized spacial score (nSPS) is 13.5. The van der Waals surface area contributed by atoms with Gasteiger partial charge in [-0.3, -0.25) is 25.1 Å². The number of rotatable bonds is 6. The lowest BCUT2D eigenvalue weighted by Gasteiger charge is -2.30. The maximum Gasteiger partial charge on any atom is 0.274 e. The number of nitrogens with two attached hydrogens (primary N) is 1. The zero-order valence-electron chi connectivity index (χ0n) is 16.2. The fraction of sp³-hybridized carbons (Fsp3) is 0.182. The maximum atomic E-state index is 13.8. The van der Waals surface area contributed by atoms with Crippen molar-refractivity contribution in [2.45, 2.75) is 13.0 Å². The number of amides is 1. The van der Waals surface area contributed by atoms with Gasteiger partial charge in [0.15, 0.2) is 0 Å². The van der Waals surface area contributed by atoms with E-state index in [1.807, 2.05) is 12.3 Å². The average Bonchev–Trinajstić information content (AvgIpc) is 2.72. The molecule has 1 amide bonds. The molecule has 1 fully saturated rings. The molecule has 30 heavy (non-hydrogen) atoms. The highest BCUT2D eigenvalue weighted by Gasteiger charge is 2.18. The minimum atomic E-state index is -0.768. The number of nitrogens with one attached hydrogen (secondary N) is 2. The smallest absolute Gasteiger partial charge is 0.274 e. The lowest BCUT2D eigenvalue weighted by Crippen LogP contribution is -2.36. The number of carbonyl (C=O) groups is 1. The Kier molecular flexibility index (Phi) is 5.49. The summed E-state index contributed by atoms with van der Waals surface area (Å²) in [5.41, 5.74) is 8.89. The number of hydrogen-bond acceptors (Lipinski definition) is 6.